The molecule has 2 atom stereocenters. The maximum Gasteiger partial charge on any atom is 0.328 e. The lowest BCUT2D eigenvalue weighted by atomic mass is 10.1. The van der Waals surface area contributed by atoms with Gasteiger partial charge in [0, 0.05) is 24.5 Å². The van der Waals surface area contributed by atoms with Gasteiger partial charge >= 0.3 is 5.97 Å². The van der Waals surface area contributed by atoms with E-state index in [9.17, 15) is 18.0 Å². The third-order valence-corrected chi connectivity index (χ3v) is 8.12. The molecule has 1 aliphatic rings. The minimum Gasteiger partial charge on any atom is -0.464 e. The topological polar surface area (TPSA) is 92.8 Å². The van der Waals surface area contributed by atoms with Gasteiger partial charge in [-0.1, -0.05) is 48.0 Å². The van der Waals surface area contributed by atoms with Crippen molar-refractivity contribution in [2.24, 2.45) is 0 Å². The van der Waals surface area contributed by atoms with Crippen molar-refractivity contribution in [2.45, 2.75) is 37.2 Å². The first-order valence-electron chi connectivity index (χ1n) is 10.5. The standard InChI is InChI=1S/C23H28N2O5S2/c1-3-30-23(27)20(15-18-7-5-4-6-8-18)24-22(26)21-16-31-14-13-25(21)32(28,29)19-11-9-17(2)10-12-19/h4-12,20-21H,3,13-16H2,1-2H3,(H,24,26). The average molecular weight is 477 g/mol. The number of ether oxygens (including phenoxy) is 1. The lowest BCUT2D eigenvalue weighted by Crippen LogP contribution is -2.57. The summed E-state index contributed by atoms with van der Waals surface area (Å²) in [5.41, 5.74) is 1.82. The molecule has 7 nitrogen and oxygen atoms in total. The van der Waals surface area contributed by atoms with Crippen molar-refractivity contribution in [1.82, 2.24) is 9.62 Å². The van der Waals surface area contributed by atoms with E-state index in [2.05, 4.69) is 5.32 Å². The number of amides is 1. The van der Waals surface area contributed by atoms with Gasteiger partial charge in [0.15, 0.2) is 0 Å². The lowest BCUT2D eigenvalue weighted by molar-refractivity contribution is -0.147. The Labute approximate surface area is 193 Å². The number of esters is 1. The summed E-state index contributed by atoms with van der Waals surface area (Å²) in [6, 6.07) is 14.1. The molecule has 1 amide bonds. The van der Waals surface area contributed by atoms with Gasteiger partial charge in [0.1, 0.15) is 12.1 Å². The summed E-state index contributed by atoms with van der Waals surface area (Å²) < 4.78 is 32.9. The fourth-order valence-electron chi connectivity index (χ4n) is 3.48. The Hall–Kier alpha value is -2.36. The minimum absolute atomic E-state index is 0.152. The SMILES string of the molecule is CCOC(=O)C(Cc1ccccc1)NC(=O)C1CSCCN1S(=O)(=O)c1ccc(C)cc1. The van der Waals surface area contributed by atoms with Crippen molar-refractivity contribution in [2.75, 3.05) is 24.7 Å². The number of nitrogens with zero attached hydrogens (tertiary/aromatic N) is 1. The van der Waals surface area contributed by atoms with Crippen LogP contribution in [-0.2, 0) is 30.8 Å². The second-order valence-electron chi connectivity index (χ2n) is 7.52. The van der Waals surface area contributed by atoms with E-state index < -0.39 is 34.0 Å². The summed E-state index contributed by atoms with van der Waals surface area (Å²) in [5, 5.41) is 2.75. The summed E-state index contributed by atoms with van der Waals surface area (Å²) in [6.07, 6.45) is 0.260. The Morgan fingerprint density at radius 3 is 2.50 bits per heavy atom. The summed E-state index contributed by atoms with van der Waals surface area (Å²) in [5.74, 6) is -0.124. The molecule has 0 saturated carbocycles. The van der Waals surface area contributed by atoms with E-state index in [-0.39, 0.29) is 24.5 Å². The molecule has 2 aromatic carbocycles. The van der Waals surface area contributed by atoms with Crippen molar-refractivity contribution in [1.29, 1.82) is 0 Å². The van der Waals surface area contributed by atoms with E-state index in [1.807, 2.05) is 37.3 Å². The number of sulfonamides is 1. The van der Waals surface area contributed by atoms with E-state index in [1.165, 1.54) is 16.1 Å². The number of hydrogen-bond donors (Lipinski definition) is 1. The highest BCUT2D eigenvalue weighted by molar-refractivity contribution is 7.99. The van der Waals surface area contributed by atoms with Crippen molar-refractivity contribution in [3.8, 4) is 0 Å². The van der Waals surface area contributed by atoms with Crippen molar-refractivity contribution >= 4 is 33.7 Å². The van der Waals surface area contributed by atoms with E-state index in [4.69, 9.17) is 4.74 Å². The van der Waals surface area contributed by atoms with Crippen LogP contribution in [0.1, 0.15) is 18.1 Å². The van der Waals surface area contributed by atoms with Crippen LogP contribution in [0.4, 0.5) is 0 Å². The van der Waals surface area contributed by atoms with Gasteiger partial charge in [-0.15, -0.1) is 0 Å². The summed E-state index contributed by atoms with van der Waals surface area (Å²) in [7, 11) is -3.86. The lowest BCUT2D eigenvalue weighted by Gasteiger charge is -2.34. The van der Waals surface area contributed by atoms with Crippen LogP contribution in [0.5, 0.6) is 0 Å². The van der Waals surface area contributed by atoms with Crippen LogP contribution >= 0.6 is 11.8 Å². The Balaban J connectivity index is 1.81. The molecule has 0 aliphatic carbocycles. The maximum absolute atomic E-state index is 13.3. The van der Waals surface area contributed by atoms with Gasteiger partial charge in [-0.3, -0.25) is 4.79 Å². The molecule has 1 saturated heterocycles. The molecule has 0 bridgehead atoms. The molecule has 2 unspecified atom stereocenters. The molecule has 3 rings (SSSR count). The maximum atomic E-state index is 13.3. The zero-order chi connectivity index (χ0) is 23.1. The molecule has 1 N–H and O–H groups in total. The number of hydrogen-bond acceptors (Lipinski definition) is 6. The van der Waals surface area contributed by atoms with Gasteiger partial charge < -0.3 is 10.1 Å². The largest absolute Gasteiger partial charge is 0.464 e. The molecule has 2 aromatic rings. The Morgan fingerprint density at radius 1 is 1.16 bits per heavy atom. The molecule has 0 spiro atoms. The third kappa shape index (κ3) is 5.90. The van der Waals surface area contributed by atoms with E-state index in [0.717, 1.165) is 11.1 Å². The van der Waals surface area contributed by atoms with Crippen LogP contribution in [0, 0.1) is 6.92 Å². The molecule has 172 valence electrons. The smallest absolute Gasteiger partial charge is 0.328 e. The highest BCUT2D eigenvalue weighted by atomic mass is 32.2. The zero-order valence-electron chi connectivity index (χ0n) is 18.2. The number of benzene rings is 2. The van der Waals surface area contributed by atoms with Gasteiger partial charge in [0.25, 0.3) is 0 Å². The van der Waals surface area contributed by atoms with Gasteiger partial charge in [-0.05, 0) is 31.5 Å². The van der Waals surface area contributed by atoms with E-state index in [1.54, 1.807) is 31.2 Å². The molecule has 32 heavy (non-hydrogen) atoms. The fourth-order valence-corrected chi connectivity index (χ4v) is 6.33. The predicted molar refractivity (Wildman–Crippen MR) is 125 cm³/mol. The first-order chi connectivity index (χ1) is 15.3. The van der Waals surface area contributed by atoms with Crippen LogP contribution in [0.25, 0.3) is 0 Å². The molecular formula is C23H28N2O5S2. The highest BCUT2D eigenvalue weighted by Crippen LogP contribution is 2.25. The highest BCUT2D eigenvalue weighted by Gasteiger charge is 2.39. The van der Waals surface area contributed by atoms with E-state index >= 15 is 0 Å². The number of aryl methyl sites for hydroxylation is 1. The van der Waals surface area contributed by atoms with Gasteiger partial charge in [-0.25, -0.2) is 13.2 Å². The Bertz CT molecular complexity index is 1030. The predicted octanol–water partition coefficient (Wildman–Crippen LogP) is 2.39. The number of thioether (sulfide) groups is 1. The monoisotopic (exact) mass is 476 g/mol. The quantitative estimate of drug-likeness (QED) is 0.588. The molecule has 1 aliphatic heterocycles. The van der Waals surface area contributed by atoms with Crippen LogP contribution in [0.3, 0.4) is 0 Å². The number of rotatable bonds is 8. The molecule has 1 fully saturated rings. The number of nitrogens with one attached hydrogen (secondary N) is 1. The first kappa shape index (κ1) is 24.3. The van der Waals surface area contributed by atoms with Gasteiger partial charge in [-0.2, -0.15) is 16.1 Å². The molecule has 0 aromatic heterocycles. The molecule has 1 heterocycles. The van der Waals surface area contributed by atoms with Crippen LogP contribution in [-0.4, -0.2) is 61.3 Å². The molecular weight excluding hydrogens is 448 g/mol. The van der Waals surface area contributed by atoms with Crippen LogP contribution < -0.4 is 5.32 Å². The third-order valence-electron chi connectivity index (χ3n) is 5.18. The second kappa shape index (κ2) is 11.0. The van der Waals surface area contributed by atoms with Crippen molar-refractivity contribution < 1.29 is 22.7 Å². The Kier molecular flexibility index (Phi) is 8.33. The van der Waals surface area contributed by atoms with E-state index in [0.29, 0.717) is 11.5 Å². The summed E-state index contributed by atoms with van der Waals surface area (Å²) in [6.45, 7) is 3.99. The number of carbonyl (C=O) groups excluding carboxylic acids is 2. The van der Waals surface area contributed by atoms with Crippen LogP contribution in [0.2, 0.25) is 0 Å². The zero-order valence-corrected chi connectivity index (χ0v) is 19.8. The fraction of sp³-hybridized carbons (Fsp3) is 0.391. The first-order valence-corrected chi connectivity index (χ1v) is 13.1. The summed E-state index contributed by atoms with van der Waals surface area (Å²) in [4.78, 5) is 25.9. The minimum atomic E-state index is -3.86. The molecule has 0 radical (unpaired) electrons. The normalized spacial score (nSPS) is 18.0. The van der Waals surface area contributed by atoms with Gasteiger partial charge in [0.05, 0.1) is 11.5 Å². The summed E-state index contributed by atoms with van der Waals surface area (Å²) >= 11 is 1.52. The number of carbonyl (C=O) groups is 2. The van der Waals surface area contributed by atoms with Gasteiger partial charge in [0.2, 0.25) is 15.9 Å². The molecule has 9 heteroatoms. The van der Waals surface area contributed by atoms with Crippen molar-refractivity contribution in [3.63, 3.8) is 0 Å². The average Bonchev–Trinajstić information content (AvgIpc) is 2.79. The van der Waals surface area contributed by atoms with Crippen molar-refractivity contribution in [3.05, 3.63) is 65.7 Å². The van der Waals surface area contributed by atoms with Crippen LogP contribution in [0.15, 0.2) is 59.5 Å². The Morgan fingerprint density at radius 2 is 1.84 bits per heavy atom. The second-order valence-corrected chi connectivity index (χ2v) is 10.6.